The molecule has 1 aliphatic rings. The first-order valence-corrected chi connectivity index (χ1v) is 9.23. The summed E-state index contributed by atoms with van der Waals surface area (Å²) >= 11 is 5.74. The van der Waals surface area contributed by atoms with Crippen LogP contribution in [0.1, 0.15) is 37.0 Å². The average molecular weight is 465 g/mol. The number of carbonyl (C=O) groups excluding carboxylic acids is 1. The number of halogens is 2. The Morgan fingerprint density at radius 3 is 2.57 bits per heavy atom. The van der Waals surface area contributed by atoms with Gasteiger partial charge in [-0.15, -0.1) is 0 Å². The molecule has 1 fully saturated rings. The third-order valence-electron chi connectivity index (χ3n) is 4.26. The molecule has 0 radical (unpaired) electrons. The summed E-state index contributed by atoms with van der Waals surface area (Å²) < 4.78 is 1.96. The number of likely N-dealkylation sites (tertiary alicyclic amines) is 1. The van der Waals surface area contributed by atoms with Crippen LogP contribution >= 0.6 is 38.5 Å². The van der Waals surface area contributed by atoms with Crippen LogP contribution in [0.15, 0.2) is 22.7 Å². The molecular weight excluding hydrogens is 443 g/mol. The van der Waals surface area contributed by atoms with Crippen LogP contribution in [0.2, 0.25) is 0 Å². The molecule has 0 aromatic heterocycles. The molecule has 3 nitrogen and oxygen atoms in total. The van der Waals surface area contributed by atoms with Gasteiger partial charge in [0.25, 0.3) is 5.91 Å². The topological polar surface area (TPSA) is 23.6 Å². The van der Waals surface area contributed by atoms with Gasteiger partial charge in [-0.05, 0) is 83.4 Å². The second-order valence-electron chi connectivity index (χ2n) is 5.90. The van der Waals surface area contributed by atoms with Crippen molar-refractivity contribution in [2.75, 3.05) is 20.1 Å². The summed E-state index contributed by atoms with van der Waals surface area (Å²) in [6.07, 6.45) is 2.12. The number of hydrogen-bond donors (Lipinski definition) is 0. The molecular formula is C16H22BrIN2O. The first-order chi connectivity index (χ1) is 9.90. The fourth-order valence-electron chi connectivity index (χ4n) is 2.81. The van der Waals surface area contributed by atoms with E-state index in [-0.39, 0.29) is 5.91 Å². The van der Waals surface area contributed by atoms with E-state index in [4.69, 9.17) is 0 Å². The molecule has 1 saturated heterocycles. The summed E-state index contributed by atoms with van der Waals surface area (Å²) in [4.78, 5) is 17.1. The van der Waals surface area contributed by atoms with Crippen LogP contribution < -0.4 is 0 Å². The maximum Gasteiger partial charge on any atom is 0.255 e. The predicted octanol–water partition coefficient (Wildman–Crippen LogP) is 4.00. The minimum Gasteiger partial charge on any atom is -0.339 e. The maximum atomic E-state index is 12.7. The zero-order valence-electron chi connectivity index (χ0n) is 12.8. The molecule has 116 valence electrons. The summed E-state index contributed by atoms with van der Waals surface area (Å²) in [7, 11) is 1.93. The third-order valence-corrected chi connectivity index (χ3v) is 5.62. The average Bonchev–Trinajstić information content (AvgIpc) is 2.48. The van der Waals surface area contributed by atoms with E-state index in [0.717, 1.165) is 39.5 Å². The third kappa shape index (κ3) is 4.20. The van der Waals surface area contributed by atoms with Crippen LogP contribution in [-0.2, 0) is 0 Å². The predicted molar refractivity (Wildman–Crippen MR) is 98.7 cm³/mol. The lowest BCUT2D eigenvalue weighted by Crippen LogP contribution is -2.47. The molecule has 0 bridgehead atoms. The fourth-order valence-corrected chi connectivity index (χ4v) is 3.71. The van der Waals surface area contributed by atoms with E-state index in [1.54, 1.807) is 0 Å². The van der Waals surface area contributed by atoms with E-state index in [0.29, 0.717) is 12.1 Å². The van der Waals surface area contributed by atoms with Crippen molar-refractivity contribution in [2.45, 2.75) is 38.8 Å². The Kier molecular flexibility index (Phi) is 6.08. The van der Waals surface area contributed by atoms with E-state index in [2.05, 4.69) is 57.3 Å². The molecule has 0 N–H and O–H groups in total. The number of carbonyl (C=O) groups is 1. The molecule has 1 heterocycles. The number of piperidine rings is 1. The molecule has 1 aromatic carbocycles. The van der Waals surface area contributed by atoms with Crippen molar-refractivity contribution in [3.05, 3.63) is 31.8 Å². The van der Waals surface area contributed by atoms with Crippen molar-refractivity contribution >= 4 is 44.4 Å². The number of amides is 1. The monoisotopic (exact) mass is 464 g/mol. The Labute approximate surface area is 149 Å². The van der Waals surface area contributed by atoms with Crippen LogP contribution in [-0.4, -0.2) is 47.9 Å². The van der Waals surface area contributed by atoms with Gasteiger partial charge in [0.05, 0.1) is 5.56 Å². The lowest BCUT2D eigenvalue weighted by molar-refractivity contribution is 0.0614. The van der Waals surface area contributed by atoms with Crippen LogP contribution in [0.5, 0.6) is 0 Å². The Hall–Kier alpha value is -0.140. The van der Waals surface area contributed by atoms with Crippen LogP contribution in [0.25, 0.3) is 0 Å². The van der Waals surface area contributed by atoms with E-state index >= 15 is 0 Å². The first-order valence-electron chi connectivity index (χ1n) is 7.36. The number of rotatable bonds is 3. The van der Waals surface area contributed by atoms with Crippen molar-refractivity contribution < 1.29 is 4.79 Å². The van der Waals surface area contributed by atoms with Gasteiger partial charge in [0, 0.05) is 40.3 Å². The van der Waals surface area contributed by atoms with Gasteiger partial charge >= 0.3 is 0 Å². The fraction of sp³-hybridized carbons (Fsp3) is 0.562. The zero-order chi connectivity index (χ0) is 15.6. The Balaban J connectivity index is 2.05. The zero-order valence-corrected chi connectivity index (χ0v) is 16.5. The van der Waals surface area contributed by atoms with Crippen molar-refractivity contribution in [1.29, 1.82) is 0 Å². The molecule has 0 saturated carbocycles. The second kappa shape index (κ2) is 7.42. The van der Waals surface area contributed by atoms with Crippen LogP contribution in [0.4, 0.5) is 0 Å². The molecule has 0 atom stereocenters. The van der Waals surface area contributed by atoms with Crippen molar-refractivity contribution in [1.82, 2.24) is 9.80 Å². The van der Waals surface area contributed by atoms with Gasteiger partial charge in [-0.1, -0.05) is 0 Å². The Morgan fingerprint density at radius 2 is 2.00 bits per heavy atom. The summed E-state index contributed by atoms with van der Waals surface area (Å²) in [5.74, 6) is 0.114. The van der Waals surface area contributed by atoms with Crippen molar-refractivity contribution in [3.63, 3.8) is 0 Å². The number of benzene rings is 1. The highest BCUT2D eigenvalue weighted by Gasteiger charge is 2.27. The second-order valence-corrected chi connectivity index (χ2v) is 8.00. The van der Waals surface area contributed by atoms with Gasteiger partial charge in [-0.3, -0.25) is 4.79 Å². The van der Waals surface area contributed by atoms with Crippen molar-refractivity contribution in [3.8, 4) is 0 Å². The highest BCUT2D eigenvalue weighted by molar-refractivity contribution is 14.1. The Bertz CT molecular complexity index is 513. The largest absolute Gasteiger partial charge is 0.339 e. The van der Waals surface area contributed by atoms with Crippen LogP contribution in [0.3, 0.4) is 0 Å². The van der Waals surface area contributed by atoms with Gasteiger partial charge in [0.1, 0.15) is 0 Å². The van der Waals surface area contributed by atoms with Crippen molar-refractivity contribution in [2.24, 2.45) is 0 Å². The molecule has 1 aromatic rings. The molecule has 2 rings (SSSR count). The Morgan fingerprint density at radius 1 is 1.38 bits per heavy atom. The quantitative estimate of drug-likeness (QED) is 0.631. The van der Waals surface area contributed by atoms with Gasteiger partial charge in [0.15, 0.2) is 0 Å². The van der Waals surface area contributed by atoms with Gasteiger partial charge in [0.2, 0.25) is 0 Å². The van der Waals surface area contributed by atoms with E-state index in [1.807, 2.05) is 30.1 Å². The normalized spacial score (nSPS) is 17.2. The molecule has 1 aliphatic heterocycles. The summed E-state index contributed by atoms with van der Waals surface area (Å²) in [5.41, 5.74) is 0.760. The van der Waals surface area contributed by atoms with Gasteiger partial charge in [-0.2, -0.15) is 0 Å². The van der Waals surface area contributed by atoms with E-state index < -0.39 is 0 Å². The summed E-state index contributed by atoms with van der Waals surface area (Å²) in [6.45, 7) is 6.62. The van der Waals surface area contributed by atoms with Gasteiger partial charge in [-0.25, -0.2) is 0 Å². The minimum absolute atomic E-state index is 0.114. The highest BCUT2D eigenvalue weighted by Crippen LogP contribution is 2.24. The molecule has 5 heteroatoms. The standard InChI is InChI=1S/C16H22BrIN2O/c1-11(2)20-8-6-13(7-9-20)19(3)16(21)14-10-12(18)4-5-15(14)17/h4-5,10-11,13H,6-9H2,1-3H3. The molecule has 21 heavy (non-hydrogen) atoms. The van der Waals surface area contributed by atoms with E-state index in [1.165, 1.54) is 0 Å². The van der Waals surface area contributed by atoms with E-state index in [9.17, 15) is 4.79 Å². The molecule has 0 spiro atoms. The first kappa shape index (κ1) is 17.2. The number of nitrogens with zero attached hydrogens (tertiary/aromatic N) is 2. The SMILES string of the molecule is CC(C)N1CCC(N(C)C(=O)c2cc(I)ccc2Br)CC1. The van der Waals surface area contributed by atoms with Gasteiger partial charge < -0.3 is 9.80 Å². The minimum atomic E-state index is 0.114. The highest BCUT2D eigenvalue weighted by atomic mass is 127. The maximum absolute atomic E-state index is 12.7. The summed E-state index contributed by atoms with van der Waals surface area (Å²) in [5, 5.41) is 0. The summed E-state index contributed by atoms with van der Waals surface area (Å²) in [6, 6.07) is 6.84. The number of hydrogen-bond acceptors (Lipinski definition) is 2. The smallest absolute Gasteiger partial charge is 0.255 e. The van der Waals surface area contributed by atoms with Crippen LogP contribution in [0, 0.1) is 3.57 Å². The lowest BCUT2D eigenvalue weighted by Gasteiger charge is -2.38. The lowest BCUT2D eigenvalue weighted by atomic mass is 10.0. The molecule has 0 aliphatic carbocycles. The molecule has 1 amide bonds. The molecule has 0 unspecified atom stereocenters.